The topological polar surface area (TPSA) is 61.8 Å². The third kappa shape index (κ3) is 10.7. The van der Waals surface area contributed by atoms with Crippen molar-refractivity contribution in [3.63, 3.8) is 0 Å². The molecule has 0 fully saturated rings. The number of carbonyl (C=O) groups excluding carboxylic acids is 2. The van der Waals surface area contributed by atoms with E-state index < -0.39 is 6.16 Å². The van der Waals surface area contributed by atoms with E-state index in [1.54, 1.807) is 0 Å². The lowest BCUT2D eigenvalue weighted by atomic mass is 9.54. The van der Waals surface area contributed by atoms with Gasteiger partial charge in [-0.25, -0.2) is 4.79 Å². The standard InChI is InChI=1S/C42H58O5/c1-10-38-35(22-21-29(2)3)23-37(47-41(44)46-28-34-19-15-12-16-20-34)24-36(38)26-42(31(6)7,32(8)9)39(30(4)5)25-40(43)45-27-33-17-13-11-14-18-33/h11-20,23-24,29-32,39H,10,21-22,25-28H2,1-9H3/t39-/m0/s1. The Hall–Kier alpha value is -3.60. The quantitative estimate of drug-likeness (QED) is 0.108. The highest BCUT2D eigenvalue weighted by atomic mass is 16.7. The van der Waals surface area contributed by atoms with Crippen molar-refractivity contribution in [3.8, 4) is 5.75 Å². The van der Waals surface area contributed by atoms with E-state index >= 15 is 0 Å². The fraction of sp³-hybridized carbons (Fsp3) is 0.524. The molecular formula is C42H58O5. The van der Waals surface area contributed by atoms with Crippen LogP contribution in [0.3, 0.4) is 0 Å². The Bertz CT molecular complexity index is 1380. The van der Waals surface area contributed by atoms with Crippen molar-refractivity contribution < 1.29 is 23.8 Å². The molecule has 0 aromatic heterocycles. The maximum absolute atomic E-state index is 13.4. The van der Waals surface area contributed by atoms with Crippen LogP contribution in [0.1, 0.15) is 103 Å². The maximum Gasteiger partial charge on any atom is 0.514 e. The number of carbonyl (C=O) groups is 2. The zero-order valence-corrected chi connectivity index (χ0v) is 30.3. The van der Waals surface area contributed by atoms with Crippen LogP contribution in [-0.2, 0) is 46.7 Å². The molecule has 0 aliphatic heterocycles. The van der Waals surface area contributed by atoms with Crippen LogP contribution in [0.2, 0.25) is 0 Å². The molecule has 1 atom stereocenters. The molecule has 0 aliphatic rings. The van der Waals surface area contributed by atoms with Gasteiger partial charge in [0.2, 0.25) is 0 Å². The fourth-order valence-electron chi connectivity index (χ4n) is 7.36. The smallest absolute Gasteiger partial charge is 0.461 e. The molecule has 0 bridgehead atoms. The van der Waals surface area contributed by atoms with Gasteiger partial charge in [-0.15, -0.1) is 0 Å². The predicted molar refractivity (Wildman–Crippen MR) is 191 cm³/mol. The summed E-state index contributed by atoms with van der Waals surface area (Å²) in [6.45, 7) is 20.7. The lowest BCUT2D eigenvalue weighted by Gasteiger charge is -2.50. The third-order valence-corrected chi connectivity index (χ3v) is 9.92. The first-order valence-electron chi connectivity index (χ1n) is 17.6. The summed E-state index contributed by atoms with van der Waals surface area (Å²) in [5.41, 5.74) is 5.40. The van der Waals surface area contributed by atoms with E-state index in [0.29, 0.717) is 18.1 Å². The van der Waals surface area contributed by atoms with Crippen molar-refractivity contribution in [3.05, 3.63) is 101 Å². The summed E-state index contributed by atoms with van der Waals surface area (Å²) in [5.74, 6) is 1.78. The van der Waals surface area contributed by atoms with E-state index in [2.05, 4.69) is 62.3 Å². The molecule has 0 aliphatic carbocycles. The molecule has 0 spiro atoms. The molecule has 47 heavy (non-hydrogen) atoms. The summed E-state index contributed by atoms with van der Waals surface area (Å²) in [4.78, 5) is 26.4. The number of benzene rings is 3. The molecular weight excluding hydrogens is 584 g/mol. The Morgan fingerprint density at radius 3 is 1.74 bits per heavy atom. The first-order chi connectivity index (χ1) is 22.4. The van der Waals surface area contributed by atoms with Gasteiger partial charge in [-0.05, 0) is 101 Å². The lowest BCUT2D eigenvalue weighted by Crippen LogP contribution is -2.46. The van der Waals surface area contributed by atoms with Crippen molar-refractivity contribution >= 4 is 12.1 Å². The Morgan fingerprint density at radius 1 is 0.723 bits per heavy atom. The van der Waals surface area contributed by atoms with Crippen molar-refractivity contribution in [2.24, 2.45) is 35.0 Å². The molecule has 5 heteroatoms. The van der Waals surface area contributed by atoms with Gasteiger partial charge in [0.05, 0.1) is 0 Å². The first-order valence-corrected chi connectivity index (χ1v) is 17.6. The van der Waals surface area contributed by atoms with Gasteiger partial charge in [-0.2, -0.15) is 0 Å². The van der Waals surface area contributed by atoms with Gasteiger partial charge in [-0.1, -0.05) is 123 Å². The van der Waals surface area contributed by atoms with Crippen LogP contribution >= 0.6 is 0 Å². The van der Waals surface area contributed by atoms with Crippen molar-refractivity contribution in [1.29, 1.82) is 0 Å². The van der Waals surface area contributed by atoms with E-state index in [4.69, 9.17) is 14.2 Å². The minimum atomic E-state index is -0.709. The van der Waals surface area contributed by atoms with Gasteiger partial charge in [0.1, 0.15) is 19.0 Å². The first kappa shape index (κ1) is 37.9. The maximum atomic E-state index is 13.4. The van der Waals surface area contributed by atoms with E-state index in [1.165, 1.54) is 16.7 Å². The second kappa shape index (κ2) is 18.1. The lowest BCUT2D eigenvalue weighted by molar-refractivity contribution is -0.149. The number of esters is 1. The molecule has 0 unspecified atom stereocenters. The zero-order valence-electron chi connectivity index (χ0n) is 30.3. The van der Waals surface area contributed by atoms with Crippen LogP contribution in [0.4, 0.5) is 4.79 Å². The second-order valence-electron chi connectivity index (χ2n) is 14.4. The summed E-state index contributed by atoms with van der Waals surface area (Å²) >= 11 is 0. The Labute approximate surface area is 284 Å². The number of rotatable bonds is 17. The molecule has 0 saturated carbocycles. The van der Waals surface area contributed by atoms with Crippen LogP contribution in [0.15, 0.2) is 72.8 Å². The molecule has 3 rings (SSSR count). The minimum Gasteiger partial charge on any atom is -0.461 e. The van der Waals surface area contributed by atoms with E-state index in [9.17, 15) is 9.59 Å². The number of hydrogen-bond acceptors (Lipinski definition) is 5. The summed E-state index contributed by atoms with van der Waals surface area (Å²) in [5, 5.41) is 0. The second-order valence-corrected chi connectivity index (χ2v) is 14.4. The predicted octanol–water partition coefficient (Wildman–Crippen LogP) is 10.8. The molecule has 3 aromatic rings. The highest BCUT2D eigenvalue weighted by Gasteiger charge is 2.46. The third-order valence-electron chi connectivity index (χ3n) is 9.92. The molecule has 0 saturated heterocycles. The highest BCUT2D eigenvalue weighted by Crippen LogP contribution is 2.51. The minimum absolute atomic E-state index is 0.0787. The Morgan fingerprint density at radius 2 is 1.26 bits per heavy atom. The molecule has 0 radical (unpaired) electrons. The van der Waals surface area contributed by atoms with Crippen molar-refractivity contribution in [2.75, 3.05) is 0 Å². The average molecular weight is 643 g/mol. The van der Waals surface area contributed by atoms with Gasteiger partial charge in [-0.3, -0.25) is 4.79 Å². The monoisotopic (exact) mass is 642 g/mol. The van der Waals surface area contributed by atoms with Gasteiger partial charge in [0.15, 0.2) is 0 Å². The van der Waals surface area contributed by atoms with Crippen LogP contribution in [0, 0.1) is 35.0 Å². The molecule has 256 valence electrons. The molecule has 5 nitrogen and oxygen atoms in total. The summed E-state index contributed by atoms with van der Waals surface area (Å²) in [6, 6.07) is 23.5. The van der Waals surface area contributed by atoms with Crippen LogP contribution < -0.4 is 4.74 Å². The Kier molecular flexibility index (Phi) is 14.6. The highest BCUT2D eigenvalue weighted by molar-refractivity contribution is 5.70. The van der Waals surface area contributed by atoms with E-state index in [1.807, 2.05) is 72.8 Å². The SMILES string of the molecule is CCc1c(CCC(C)C)cc(OC(=O)OCc2ccccc2)cc1CC(C(C)C)(C(C)C)[C@@H](CC(=O)OCc1ccccc1)C(C)C. The largest absolute Gasteiger partial charge is 0.514 e. The van der Waals surface area contributed by atoms with E-state index in [-0.39, 0.29) is 48.3 Å². The molecule has 0 amide bonds. The zero-order chi connectivity index (χ0) is 34.6. The molecule has 0 heterocycles. The van der Waals surface area contributed by atoms with Crippen molar-refractivity contribution in [1.82, 2.24) is 0 Å². The van der Waals surface area contributed by atoms with Crippen LogP contribution in [0.5, 0.6) is 5.75 Å². The van der Waals surface area contributed by atoms with Crippen molar-refractivity contribution in [2.45, 2.75) is 108 Å². The summed E-state index contributed by atoms with van der Waals surface area (Å²) in [6.07, 6.45) is 3.23. The summed E-state index contributed by atoms with van der Waals surface area (Å²) < 4.78 is 17.2. The van der Waals surface area contributed by atoms with Crippen LogP contribution in [0.25, 0.3) is 0 Å². The van der Waals surface area contributed by atoms with Gasteiger partial charge < -0.3 is 14.2 Å². The van der Waals surface area contributed by atoms with Gasteiger partial charge in [0.25, 0.3) is 0 Å². The van der Waals surface area contributed by atoms with Gasteiger partial charge >= 0.3 is 12.1 Å². The van der Waals surface area contributed by atoms with Crippen LogP contribution in [-0.4, -0.2) is 12.1 Å². The normalized spacial score (nSPS) is 12.5. The molecule has 3 aromatic carbocycles. The average Bonchev–Trinajstić information content (AvgIpc) is 3.03. The van der Waals surface area contributed by atoms with E-state index in [0.717, 1.165) is 36.8 Å². The Balaban J connectivity index is 1.99. The number of ether oxygens (including phenoxy) is 3. The summed E-state index contributed by atoms with van der Waals surface area (Å²) in [7, 11) is 0. The molecule has 0 N–H and O–H groups in total. The van der Waals surface area contributed by atoms with Gasteiger partial charge in [0, 0.05) is 6.42 Å². The number of hydrogen-bond donors (Lipinski definition) is 0. The fourth-order valence-corrected chi connectivity index (χ4v) is 7.36. The number of aryl methyl sites for hydroxylation is 1.